The molecule has 1 heterocycles. The molecule has 0 aliphatic heterocycles. The van der Waals surface area contributed by atoms with Crippen LogP contribution in [-0.2, 0) is 9.36 Å². The predicted octanol–water partition coefficient (Wildman–Crippen LogP) is 5.45. The maximum Gasteiger partial charge on any atom is 0.340 e. The Labute approximate surface area is 159 Å². The topological polar surface area (TPSA) is 74.6 Å². The van der Waals surface area contributed by atoms with Gasteiger partial charge < -0.3 is 9.79 Å². The summed E-state index contributed by atoms with van der Waals surface area (Å²) in [6.07, 6.45) is 3.32. The number of halogens is 1. The SMILES string of the molecule is O=C(C/C=C/c1ccccc1)C(c1csc2ccc(Cl)cc12)P(=O)(O)O. The molecule has 0 amide bonds. The number of benzene rings is 2. The Bertz CT molecular complexity index is 1010. The number of hydrogen-bond acceptors (Lipinski definition) is 3. The zero-order valence-corrected chi connectivity index (χ0v) is 16.0. The monoisotopic (exact) mass is 406 g/mol. The Morgan fingerprint density at radius 3 is 2.62 bits per heavy atom. The van der Waals surface area contributed by atoms with Gasteiger partial charge in [-0.2, -0.15) is 0 Å². The molecule has 0 saturated heterocycles. The van der Waals surface area contributed by atoms with Crippen LogP contribution in [0.25, 0.3) is 16.2 Å². The summed E-state index contributed by atoms with van der Waals surface area (Å²) in [5, 5.41) is 2.69. The van der Waals surface area contributed by atoms with Crippen molar-refractivity contribution in [2.75, 3.05) is 0 Å². The number of allylic oxidation sites excluding steroid dienone is 1. The van der Waals surface area contributed by atoms with Gasteiger partial charge in [-0.3, -0.25) is 9.36 Å². The normalized spacial score (nSPS) is 13.3. The molecule has 1 aromatic heterocycles. The molecule has 3 aromatic rings. The summed E-state index contributed by atoms with van der Waals surface area (Å²) < 4.78 is 12.9. The lowest BCUT2D eigenvalue weighted by atomic mass is 10.0. The third-order valence-electron chi connectivity index (χ3n) is 3.93. The van der Waals surface area contributed by atoms with Crippen molar-refractivity contribution in [3.63, 3.8) is 0 Å². The highest BCUT2D eigenvalue weighted by Crippen LogP contribution is 2.55. The number of ketones is 1. The van der Waals surface area contributed by atoms with E-state index in [0.717, 1.165) is 10.3 Å². The number of thiophene rings is 1. The molecule has 0 aliphatic carbocycles. The lowest BCUT2D eigenvalue weighted by Gasteiger charge is -2.16. The first-order valence-electron chi connectivity index (χ1n) is 7.82. The highest BCUT2D eigenvalue weighted by atomic mass is 35.5. The number of hydrogen-bond donors (Lipinski definition) is 2. The molecule has 4 nitrogen and oxygen atoms in total. The molecular formula is C19H16ClO4PS. The van der Waals surface area contributed by atoms with Gasteiger partial charge in [-0.15, -0.1) is 11.3 Å². The zero-order chi connectivity index (χ0) is 18.7. The standard InChI is InChI=1S/C19H16ClO4PS/c20-14-9-10-18-15(11-14)16(12-26-18)19(25(22,23)24)17(21)8-4-7-13-5-2-1-3-6-13/h1-7,9-12,19H,8H2,(H2,22,23,24)/b7-4+. The molecule has 26 heavy (non-hydrogen) atoms. The van der Waals surface area contributed by atoms with E-state index in [-0.39, 0.29) is 6.42 Å². The van der Waals surface area contributed by atoms with E-state index in [1.807, 2.05) is 30.3 Å². The van der Waals surface area contributed by atoms with Gasteiger partial charge in [0.15, 0.2) is 5.78 Å². The zero-order valence-electron chi connectivity index (χ0n) is 13.6. The van der Waals surface area contributed by atoms with Crippen molar-refractivity contribution in [2.45, 2.75) is 12.1 Å². The second kappa shape index (κ2) is 7.87. The van der Waals surface area contributed by atoms with Crippen LogP contribution >= 0.6 is 30.5 Å². The van der Waals surface area contributed by atoms with E-state index in [4.69, 9.17) is 11.6 Å². The fourth-order valence-corrected chi connectivity index (χ4v) is 5.06. The van der Waals surface area contributed by atoms with Crippen molar-refractivity contribution in [3.05, 3.63) is 76.1 Å². The van der Waals surface area contributed by atoms with E-state index in [9.17, 15) is 19.1 Å². The first kappa shape index (κ1) is 19.0. The van der Waals surface area contributed by atoms with Crippen molar-refractivity contribution in [2.24, 2.45) is 0 Å². The lowest BCUT2D eigenvalue weighted by Crippen LogP contribution is -2.12. The molecule has 0 bridgehead atoms. The molecule has 2 N–H and O–H groups in total. The van der Waals surface area contributed by atoms with E-state index in [1.54, 1.807) is 35.7 Å². The fourth-order valence-electron chi connectivity index (χ4n) is 2.76. The Hall–Kier alpha value is -1.75. The summed E-state index contributed by atoms with van der Waals surface area (Å²) in [4.78, 5) is 32.2. The molecule has 1 unspecified atom stereocenters. The largest absolute Gasteiger partial charge is 0.340 e. The van der Waals surface area contributed by atoms with Crippen LogP contribution in [0.2, 0.25) is 5.02 Å². The van der Waals surface area contributed by atoms with Crippen LogP contribution in [0.15, 0.2) is 60.0 Å². The van der Waals surface area contributed by atoms with E-state index in [2.05, 4.69) is 0 Å². The van der Waals surface area contributed by atoms with Gasteiger partial charge in [-0.05, 0) is 40.1 Å². The van der Waals surface area contributed by atoms with Crippen LogP contribution in [-0.4, -0.2) is 15.6 Å². The van der Waals surface area contributed by atoms with Crippen molar-refractivity contribution < 1.29 is 19.1 Å². The lowest BCUT2D eigenvalue weighted by molar-refractivity contribution is -0.118. The predicted molar refractivity (Wildman–Crippen MR) is 107 cm³/mol. The molecule has 0 fully saturated rings. The van der Waals surface area contributed by atoms with Crippen molar-refractivity contribution in [3.8, 4) is 0 Å². The second-order valence-corrected chi connectivity index (χ2v) is 8.85. The summed E-state index contributed by atoms with van der Waals surface area (Å²) in [6.45, 7) is 0. The van der Waals surface area contributed by atoms with Crippen LogP contribution in [0.1, 0.15) is 23.2 Å². The molecule has 2 aromatic carbocycles. The van der Waals surface area contributed by atoms with Crippen LogP contribution in [0.5, 0.6) is 0 Å². The van der Waals surface area contributed by atoms with Gasteiger partial charge in [0.1, 0.15) is 5.66 Å². The average molecular weight is 407 g/mol. The molecule has 0 aliphatic rings. The van der Waals surface area contributed by atoms with Gasteiger partial charge in [0.25, 0.3) is 0 Å². The first-order chi connectivity index (χ1) is 12.4. The van der Waals surface area contributed by atoms with Gasteiger partial charge >= 0.3 is 7.60 Å². The smallest absolute Gasteiger partial charge is 0.324 e. The Morgan fingerprint density at radius 1 is 1.19 bits per heavy atom. The van der Waals surface area contributed by atoms with Crippen LogP contribution in [0, 0.1) is 0 Å². The van der Waals surface area contributed by atoms with Gasteiger partial charge in [0.2, 0.25) is 0 Å². The van der Waals surface area contributed by atoms with E-state index >= 15 is 0 Å². The third-order valence-corrected chi connectivity index (χ3v) is 6.39. The molecule has 7 heteroatoms. The van der Waals surface area contributed by atoms with E-state index in [0.29, 0.717) is 16.0 Å². The van der Waals surface area contributed by atoms with E-state index < -0.39 is 19.0 Å². The number of rotatable bonds is 6. The molecule has 0 spiro atoms. The Kier molecular flexibility index (Phi) is 5.76. The van der Waals surface area contributed by atoms with Gasteiger partial charge in [0.05, 0.1) is 0 Å². The van der Waals surface area contributed by atoms with E-state index in [1.165, 1.54) is 11.3 Å². The van der Waals surface area contributed by atoms with Crippen molar-refractivity contribution in [1.82, 2.24) is 0 Å². The minimum Gasteiger partial charge on any atom is -0.324 e. The van der Waals surface area contributed by atoms with Crippen LogP contribution in [0.3, 0.4) is 0 Å². The van der Waals surface area contributed by atoms with Gasteiger partial charge in [-0.25, -0.2) is 0 Å². The molecule has 3 rings (SSSR count). The van der Waals surface area contributed by atoms with Gasteiger partial charge in [-0.1, -0.05) is 54.1 Å². The first-order valence-corrected chi connectivity index (χ1v) is 10.8. The quantitative estimate of drug-likeness (QED) is 0.534. The van der Waals surface area contributed by atoms with Crippen molar-refractivity contribution in [1.29, 1.82) is 0 Å². The maximum absolute atomic E-state index is 12.6. The Balaban J connectivity index is 1.91. The molecule has 0 radical (unpaired) electrons. The van der Waals surface area contributed by atoms with Crippen LogP contribution in [0.4, 0.5) is 0 Å². The molecule has 1 atom stereocenters. The second-order valence-electron chi connectivity index (χ2n) is 5.81. The number of fused-ring (bicyclic) bond motifs is 1. The summed E-state index contributed by atoms with van der Waals surface area (Å²) in [5.41, 5.74) is -0.241. The highest BCUT2D eigenvalue weighted by Gasteiger charge is 2.37. The van der Waals surface area contributed by atoms with Crippen molar-refractivity contribution >= 4 is 52.5 Å². The maximum atomic E-state index is 12.6. The fraction of sp³-hybridized carbons (Fsp3) is 0.105. The minimum absolute atomic E-state index is 0.0669. The van der Waals surface area contributed by atoms with Gasteiger partial charge in [0, 0.05) is 16.1 Å². The summed E-state index contributed by atoms with van der Waals surface area (Å²) in [5.74, 6) is -0.523. The highest BCUT2D eigenvalue weighted by molar-refractivity contribution is 7.53. The minimum atomic E-state index is -4.67. The third kappa shape index (κ3) is 4.32. The average Bonchev–Trinajstić information content (AvgIpc) is 2.97. The summed E-state index contributed by atoms with van der Waals surface area (Å²) >= 11 is 7.34. The summed E-state index contributed by atoms with van der Waals surface area (Å²) in [6, 6.07) is 14.5. The van der Waals surface area contributed by atoms with Crippen LogP contribution < -0.4 is 0 Å². The molecule has 0 saturated carbocycles. The number of Topliss-reactive ketones (excluding diaryl/α,β-unsaturated/α-hetero) is 1. The molecular weight excluding hydrogens is 391 g/mol. The summed E-state index contributed by atoms with van der Waals surface area (Å²) in [7, 11) is -4.67. The number of carbonyl (C=O) groups is 1. The number of carbonyl (C=O) groups excluding carboxylic acids is 1. The molecule has 134 valence electrons. The Morgan fingerprint density at radius 2 is 1.92 bits per heavy atom.